The fourth-order valence-corrected chi connectivity index (χ4v) is 5.78. The van der Waals surface area contributed by atoms with Crippen LogP contribution in [0.2, 0.25) is 5.02 Å². The number of carbonyl (C=O) groups is 2. The van der Waals surface area contributed by atoms with E-state index < -0.39 is 23.4 Å². The second-order valence-corrected chi connectivity index (χ2v) is 10.6. The van der Waals surface area contributed by atoms with E-state index in [4.69, 9.17) is 21.4 Å². The van der Waals surface area contributed by atoms with Gasteiger partial charge in [0.1, 0.15) is 5.82 Å². The van der Waals surface area contributed by atoms with Crippen molar-refractivity contribution in [3.8, 4) is 0 Å². The lowest BCUT2D eigenvalue weighted by Crippen LogP contribution is -2.54. The zero-order valence-corrected chi connectivity index (χ0v) is 22.2. The van der Waals surface area contributed by atoms with Gasteiger partial charge in [0.15, 0.2) is 0 Å². The number of likely N-dealkylation sites (tertiary alicyclic amines) is 1. The van der Waals surface area contributed by atoms with Crippen LogP contribution in [0.3, 0.4) is 0 Å². The number of urea groups is 1. The van der Waals surface area contributed by atoms with Crippen LogP contribution in [0.5, 0.6) is 0 Å². The Morgan fingerprint density at radius 2 is 2.14 bits per heavy atom. The van der Waals surface area contributed by atoms with E-state index in [1.165, 1.54) is 12.1 Å². The summed E-state index contributed by atoms with van der Waals surface area (Å²) in [5.74, 6) is -0.737. The average Bonchev–Trinajstić information content (AvgIpc) is 2.89. The first-order valence-corrected chi connectivity index (χ1v) is 13.5. The number of benzene rings is 1. The van der Waals surface area contributed by atoms with Gasteiger partial charge in [0, 0.05) is 56.9 Å². The van der Waals surface area contributed by atoms with Crippen LogP contribution in [-0.4, -0.2) is 79.7 Å². The predicted molar refractivity (Wildman–Crippen MR) is 139 cm³/mol. The average molecular weight is 543 g/mol. The molecule has 208 valence electrons. The van der Waals surface area contributed by atoms with E-state index in [9.17, 15) is 14.7 Å². The molecule has 0 spiro atoms. The minimum absolute atomic E-state index is 0.0593. The Morgan fingerprint density at radius 1 is 1.32 bits per heavy atom. The number of carbonyl (C=O) groups excluding carboxylic acids is 1. The molecule has 0 saturated carbocycles. The van der Waals surface area contributed by atoms with E-state index in [1.54, 1.807) is 11.0 Å². The second kappa shape index (κ2) is 14.1. The summed E-state index contributed by atoms with van der Waals surface area (Å²) in [5, 5.41) is 29.3. The maximum Gasteiger partial charge on any atom is 0.404 e. The summed E-state index contributed by atoms with van der Waals surface area (Å²) in [7, 11) is 1.85. The number of likely N-dealkylation sites (N-methyl/N-ethyl adjacent to an activating group) is 1. The highest BCUT2D eigenvalue weighted by atomic mass is 35.5. The topological polar surface area (TPSA) is 123 Å². The van der Waals surface area contributed by atoms with Crippen molar-refractivity contribution in [2.75, 3.05) is 46.4 Å². The second-order valence-electron chi connectivity index (χ2n) is 10.2. The molecule has 2 unspecified atom stereocenters. The monoisotopic (exact) mass is 542 g/mol. The van der Waals surface area contributed by atoms with Crippen LogP contribution in [0, 0.1) is 17.7 Å². The Bertz CT molecular complexity index is 904. The van der Waals surface area contributed by atoms with Crippen molar-refractivity contribution in [3.05, 3.63) is 34.6 Å². The Kier molecular flexibility index (Phi) is 11.2. The number of aliphatic hydroxyl groups is 1. The third kappa shape index (κ3) is 8.17. The quantitative estimate of drug-likeness (QED) is 0.273. The number of amides is 3. The molecule has 37 heavy (non-hydrogen) atoms. The van der Waals surface area contributed by atoms with Crippen LogP contribution >= 0.6 is 11.6 Å². The minimum atomic E-state index is -1.61. The molecule has 11 heteroatoms. The maximum absolute atomic E-state index is 15.1. The number of hydrogen-bond donors (Lipinski definition) is 5. The van der Waals surface area contributed by atoms with Gasteiger partial charge in [-0.1, -0.05) is 23.7 Å². The molecule has 2 heterocycles. The SMILES string of the molecule is CNCC(CC1CCCOC1)NC(=O)N1CCC[C@@H]([C@@](O)(CCCNC(=O)O)c2cccc(Cl)c2F)C1. The predicted octanol–water partition coefficient (Wildman–Crippen LogP) is 3.54. The van der Waals surface area contributed by atoms with E-state index in [0.29, 0.717) is 44.9 Å². The number of carboxylic acid groups (broad SMARTS) is 1. The van der Waals surface area contributed by atoms with Gasteiger partial charge in [-0.3, -0.25) is 0 Å². The van der Waals surface area contributed by atoms with E-state index in [0.717, 1.165) is 25.9 Å². The zero-order chi connectivity index (χ0) is 26.8. The zero-order valence-electron chi connectivity index (χ0n) is 21.5. The standard InChI is InChI=1S/C26H40ClFN4O5/c1-29-15-20(14-18-6-4-13-37-17-18)31-24(33)32-12-3-7-19(16-32)26(36,10-5-11-30-25(34)35)21-8-2-9-22(27)23(21)28/h2,8-9,18-20,29-30,36H,3-7,10-17H2,1H3,(H,31,33)(H,34,35)/t18?,19-,20?,26+/m1/s1. The molecule has 0 aromatic heterocycles. The molecule has 1 aromatic rings. The van der Waals surface area contributed by atoms with E-state index in [2.05, 4.69) is 16.0 Å². The van der Waals surface area contributed by atoms with Gasteiger partial charge in [0.05, 0.1) is 10.6 Å². The third-order valence-corrected chi connectivity index (χ3v) is 7.76. The first-order valence-electron chi connectivity index (χ1n) is 13.2. The summed E-state index contributed by atoms with van der Waals surface area (Å²) in [6.45, 7) is 3.03. The molecular formula is C26H40ClFN4O5. The molecular weight excluding hydrogens is 503 g/mol. The number of piperidine rings is 1. The Labute approximate surface area is 223 Å². The van der Waals surface area contributed by atoms with Crippen LogP contribution in [0.4, 0.5) is 14.0 Å². The van der Waals surface area contributed by atoms with Crippen molar-refractivity contribution >= 4 is 23.7 Å². The number of nitrogens with one attached hydrogen (secondary N) is 3. The number of halogens is 2. The van der Waals surface area contributed by atoms with Gasteiger partial charge in [-0.05, 0) is 64.0 Å². The van der Waals surface area contributed by atoms with Crippen molar-refractivity contribution in [3.63, 3.8) is 0 Å². The fraction of sp³-hybridized carbons (Fsp3) is 0.692. The lowest BCUT2D eigenvalue weighted by atomic mass is 9.74. The number of hydrogen-bond acceptors (Lipinski definition) is 5. The molecule has 0 bridgehead atoms. The van der Waals surface area contributed by atoms with Crippen molar-refractivity contribution in [1.82, 2.24) is 20.9 Å². The van der Waals surface area contributed by atoms with Gasteiger partial charge in [-0.25, -0.2) is 14.0 Å². The van der Waals surface area contributed by atoms with Crippen molar-refractivity contribution in [1.29, 1.82) is 0 Å². The highest BCUT2D eigenvalue weighted by molar-refractivity contribution is 6.30. The molecule has 5 N–H and O–H groups in total. The van der Waals surface area contributed by atoms with E-state index in [-0.39, 0.29) is 42.2 Å². The summed E-state index contributed by atoms with van der Waals surface area (Å²) >= 11 is 6.04. The van der Waals surface area contributed by atoms with Crippen LogP contribution in [0.1, 0.15) is 50.5 Å². The van der Waals surface area contributed by atoms with Gasteiger partial charge < -0.3 is 35.8 Å². The molecule has 0 aliphatic carbocycles. The Morgan fingerprint density at radius 3 is 2.84 bits per heavy atom. The molecule has 0 radical (unpaired) electrons. The largest absolute Gasteiger partial charge is 0.465 e. The smallest absolute Gasteiger partial charge is 0.404 e. The molecule has 2 aliphatic heterocycles. The highest BCUT2D eigenvalue weighted by Gasteiger charge is 2.43. The van der Waals surface area contributed by atoms with Gasteiger partial charge >= 0.3 is 12.1 Å². The summed E-state index contributed by atoms with van der Waals surface area (Å²) in [6, 6.07) is 4.26. The third-order valence-electron chi connectivity index (χ3n) is 7.46. The number of rotatable bonds is 11. The Hall–Kier alpha value is -2.14. The molecule has 2 fully saturated rings. The maximum atomic E-state index is 15.1. The lowest BCUT2D eigenvalue weighted by molar-refractivity contribution is -0.0576. The number of ether oxygens (including phenoxy) is 1. The molecule has 2 saturated heterocycles. The van der Waals surface area contributed by atoms with Gasteiger partial charge in [0.2, 0.25) is 0 Å². The first kappa shape index (κ1) is 29.4. The van der Waals surface area contributed by atoms with Crippen LogP contribution < -0.4 is 16.0 Å². The molecule has 3 rings (SSSR count). The summed E-state index contributed by atoms with van der Waals surface area (Å²) < 4.78 is 20.7. The van der Waals surface area contributed by atoms with Gasteiger partial charge in [0.25, 0.3) is 0 Å². The van der Waals surface area contributed by atoms with Crippen molar-refractivity contribution < 1.29 is 28.9 Å². The lowest BCUT2D eigenvalue weighted by Gasteiger charge is -2.43. The highest BCUT2D eigenvalue weighted by Crippen LogP contribution is 2.41. The first-order chi connectivity index (χ1) is 17.7. The van der Waals surface area contributed by atoms with Crippen molar-refractivity contribution in [2.24, 2.45) is 11.8 Å². The summed E-state index contributed by atoms with van der Waals surface area (Å²) in [5.41, 5.74) is -1.54. The van der Waals surface area contributed by atoms with E-state index in [1.807, 2.05) is 7.05 Å². The minimum Gasteiger partial charge on any atom is -0.465 e. The normalized spacial score (nSPS) is 22.6. The summed E-state index contributed by atoms with van der Waals surface area (Å²) in [4.78, 5) is 25.8. The van der Waals surface area contributed by atoms with E-state index >= 15 is 4.39 Å². The van der Waals surface area contributed by atoms with Crippen LogP contribution in [-0.2, 0) is 10.3 Å². The molecule has 1 aromatic carbocycles. The van der Waals surface area contributed by atoms with Crippen LogP contribution in [0.25, 0.3) is 0 Å². The summed E-state index contributed by atoms with van der Waals surface area (Å²) in [6.07, 6.45) is 3.43. The van der Waals surface area contributed by atoms with Crippen molar-refractivity contribution in [2.45, 2.75) is 56.6 Å². The molecule has 3 amide bonds. The Balaban J connectivity index is 1.72. The molecule has 2 aliphatic rings. The van der Waals surface area contributed by atoms with Gasteiger partial charge in [-0.2, -0.15) is 0 Å². The molecule has 4 atom stereocenters. The molecule has 9 nitrogen and oxygen atoms in total. The van der Waals surface area contributed by atoms with Gasteiger partial charge in [-0.15, -0.1) is 0 Å². The number of nitrogens with zero attached hydrogens (tertiary/aromatic N) is 1. The fourth-order valence-electron chi connectivity index (χ4n) is 5.60. The van der Waals surface area contributed by atoms with Crippen LogP contribution in [0.15, 0.2) is 18.2 Å².